The number of rotatable bonds is 4. The van der Waals surface area contributed by atoms with Gasteiger partial charge in [0.2, 0.25) is 5.43 Å². The van der Waals surface area contributed by atoms with E-state index in [1.54, 1.807) is 10.6 Å². The SMILES string of the molecule is NC/C(F)=C1\CCCN(c2cc3c(cc2F)c(=O)c(C(=O)O)cn3C2CC2)CC1. The number of fused-ring (bicyclic) bond motifs is 1. The van der Waals surface area contributed by atoms with Crippen molar-refractivity contribution in [2.75, 3.05) is 24.5 Å². The van der Waals surface area contributed by atoms with Crippen molar-refractivity contribution in [3.05, 3.63) is 51.3 Å². The number of benzene rings is 1. The fourth-order valence-corrected chi connectivity index (χ4v) is 4.05. The van der Waals surface area contributed by atoms with Crippen LogP contribution in [0, 0.1) is 5.82 Å². The van der Waals surface area contributed by atoms with E-state index in [9.17, 15) is 23.5 Å². The van der Waals surface area contributed by atoms with Crippen LogP contribution in [-0.4, -0.2) is 35.3 Å². The van der Waals surface area contributed by atoms with E-state index in [1.807, 2.05) is 4.90 Å². The van der Waals surface area contributed by atoms with Crippen LogP contribution in [-0.2, 0) is 0 Å². The molecular formula is C21H23F2N3O3. The summed E-state index contributed by atoms with van der Waals surface area (Å²) in [6.45, 7) is 0.885. The number of carboxylic acid groups (broad SMARTS) is 1. The minimum Gasteiger partial charge on any atom is -0.477 e. The number of nitrogens with two attached hydrogens (primary N) is 1. The molecule has 29 heavy (non-hydrogen) atoms. The molecule has 6 nitrogen and oxygen atoms in total. The van der Waals surface area contributed by atoms with Gasteiger partial charge < -0.3 is 20.3 Å². The van der Waals surface area contributed by atoms with Gasteiger partial charge in [0.05, 0.1) is 11.2 Å². The molecule has 0 atom stereocenters. The second-order valence-electron chi connectivity index (χ2n) is 7.69. The number of hydrogen-bond donors (Lipinski definition) is 2. The molecule has 8 heteroatoms. The van der Waals surface area contributed by atoms with Gasteiger partial charge in [-0.2, -0.15) is 0 Å². The lowest BCUT2D eigenvalue weighted by molar-refractivity contribution is 0.0695. The predicted molar refractivity (Wildman–Crippen MR) is 107 cm³/mol. The zero-order chi connectivity index (χ0) is 20.7. The maximum atomic E-state index is 15.0. The summed E-state index contributed by atoms with van der Waals surface area (Å²) in [6, 6.07) is 2.89. The fourth-order valence-electron chi connectivity index (χ4n) is 4.05. The van der Waals surface area contributed by atoms with Crippen molar-refractivity contribution in [3.63, 3.8) is 0 Å². The lowest BCUT2D eigenvalue weighted by Gasteiger charge is -2.24. The van der Waals surface area contributed by atoms with E-state index in [0.29, 0.717) is 49.1 Å². The summed E-state index contributed by atoms with van der Waals surface area (Å²) in [7, 11) is 0. The Balaban J connectivity index is 1.80. The first-order valence-electron chi connectivity index (χ1n) is 9.83. The molecule has 1 aliphatic heterocycles. The molecule has 4 rings (SSSR count). The van der Waals surface area contributed by atoms with E-state index in [1.165, 1.54) is 6.20 Å². The molecule has 2 heterocycles. The standard InChI is InChI=1S/C21H23F2N3O3/c22-16-8-14-18(26(13-3-4-13)11-15(20(14)27)21(28)29)9-19(16)25-6-1-2-12(5-7-25)17(23)10-24/h8-9,11,13H,1-7,10,24H2,(H,28,29)/b17-12-. The Hall–Kier alpha value is -2.74. The fraction of sp³-hybridized carbons (Fsp3) is 0.429. The number of pyridine rings is 1. The van der Waals surface area contributed by atoms with Gasteiger partial charge >= 0.3 is 5.97 Å². The average molecular weight is 403 g/mol. The lowest BCUT2D eigenvalue weighted by Crippen LogP contribution is -2.26. The minimum atomic E-state index is -1.32. The molecule has 2 aliphatic rings. The third-order valence-corrected chi connectivity index (χ3v) is 5.77. The molecule has 1 aliphatic carbocycles. The van der Waals surface area contributed by atoms with Crippen LogP contribution in [0.15, 0.2) is 34.5 Å². The third-order valence-electron chi connectivity index (χ3n) is 5.77. The lowest BCUT2D eigenvalue weighted by atomic mass is 10.1. The summed E-state index contributed by atoms with van der Waals surface area (Å²) in [5, 5.41) is 9.41. The van der Waals surface area contributed by atoms with Gasteiger partial charge in [0, 0.05) is 37.3 Å². The second-order valence-corrected chi connectivity index (χ2v) is 7.69. The van der Waals surface area contributed by atoms with Crippen LogP contribution in [0.4, 0.5) is 14.5 Å². The molecule has 0 radical (unpaired) electrons. The monoisotopic (exact) mass is 403 g/mol. The number of carboxylic acids is 1. The van der Waals surface area contributed by atoms with Crippen LogP contribution in [0.3, 0.4) is 0 Å². The Labute approximate surface area is 166 Å². The number of nitrogens with zero attached hydrogens (tertiary/aromatic N) is 2. The molecule has 2 fully saturated rings. The Morgan fingerprint density at radius 3 is 2.66 bits per heavy atom. The smallest absolute Gasteiger partial charge is 0.341 e. The molecule has 1 saturated carbocycles. The Morgan fingerprint density at radius 2 is 2.00 bits per heavy atom. The van der Waals surface area contributed by atoms with E-state index in [0.717, 1.165) is 18.9 Å². The summed E-state index contributed by atoms with van der Waals surface area (Å²) in [5.74, 6) is -2.19. The van der Waals surface area contributed by atoms with Crippen LogP contribution >= 0.6 is 0 Å². The number of anilines is 1. The van der Waals surface area contributed by atoms with Crippen molar-refractivity contribution >= 4 is 22.6 Å². The molecule has 0 spiro atoms. The van der Waals surface area contributed by atoms with Crippen LogP contribution < -0.4 is 16.1 Å². The molecular weight excluding hydrogens is 380 g/mol. The van der Waals surface area contributed by atoms with Crippen LogP contribution in [0.2, 0.25) is 0 Å². The molecule has 0 amide bonds. The van der Waals surface area contributed by atoms with Crippen LogP contribution in [0.25, 0.3) is 10.9 Å². The number of hydrogen-bond acceptors (Lipinski definition) is 4. The first-order chi connectivity index (χ1) is 13.9. The molecule has 1 aromatic heterocycles. The zero-order valence-corrected chi connectivity index (χ0v) is 16.0. The highest BCUT2D eigenvalue weighted by atomic mass is 19.1. The number of halogens is 2. The first kappa shape index (κ1) is 19.6. The Morgan fingerprint density at radius 1 is 1.24 bits per heavy atom. The highest BCUT2D eigenvalue weighted by Gasteiger charge is 2.28. The third kappa shape index (κ3) is 3.64. The van der Waals surface area contributed by atoms with Gasteiger partial charge in [-0.25, -0.2) is 13.6 Å². The molecule has 0 bridgehead atoms. The van der Waals surface area contributed by atoms with Gasteiger partial charge in [0.25, 0.3) is 0 Å². The predicted octanol–water partition coefficient (Wildman–Crippen LogP) is 3.35. The van der Waals surface area contributed by atoms with Crippen molar-refractivity contribution in [2.45, 2.75) is 38.1 Å². The Bertz CT molecular complexity index is 1070. The van der Waals surface area contributed by atoms with E-state index in [-0.39, 0.29) is 29.4 Å². The number of aromatic carboxylic acids is 1. The van der Waals surface area contributed by atoms with Crippen molar-refractivity contribution in [1.82, 2.24) is 4.57 Å². The van der Waals surface area contributed by atoms with Crippen molar-refractivity contribution < 1.29 is 18.7 Å². The highest BCUT2D eigenvalue weighted by Crippen LogP contribution is 2.38. The van der Waals surface area contributed by atoms with Crippen molar-refractivity contribution in [3.8, 4) is 0 Å². The number of carbonyl (C=O) groups is 1. The maximum Gasteiger partial charge on any atom is 0.341 e. The summed E-state index contributed by atoms with van der Waals surface area (Å²) >= 11 is 0. The molecule has 3 N–H and O–H groups in total. The van der Waals surface area contributed by atoms with Crippen molar-refractivity contribution in [2.24, 2.45) is 5.73 Å². The topological polar surface area (TPSA) is 88.6 Å². The highest BCUT2D eigenvalue weighted by molar-refractivity contribution is 5.93. The zero-order valence-electron chi connectivity index (χ0n) is 16.0. The van der Waals surface area contributed by atoms with E-state index in [2.05, 4.69) is 0 Å². The normalized spacial score (nSPS) is 19.3. The average Bonchev–Trinajstić information content (AvgIpc) is 3.54. The van der Waals surface area contributed by atoms with E-state index < -0.39 is 17.2 Å². The summed E-state index contributed by atoms with van der Waals surface area (Å²) < 4.78 is 30.6. The van der Waals surface area contributed by atoms with E-state index in [4.69, 9.17) is 5.73 Å². The first-order valence-corrected chi connectivity index (χ1v) is 9.83. The second kappa shape index (κ2) is 7.59. The van der Waals surface area contributed by atoms with Gasteiger partial charge in [-0.3, -0.25) is 4.79 Å². The minimum absolute atomic E-state index is 0.0719. The molecule has 154 valence electrons. The molecule has 1 saturated heterocycles. The quantitative estimate of drug-likeness (QED) is 0.817. The van der Waals surface area contributed by atoms with Gasteiger partial charge in [0.15, 0.2) is 0 Å². The largest absolute Gasteiger partial charge is 0.477 e. The summed E-state index contributed by atoms with van der Waals surface area (Å²) in [5.41, 5.74) is 5.94. The van der Waals surface area contributed by atoms with Crippen molar-refractivity contribution in [1.29, 1.82) is 0 Å². The molecule has 0 unspecified atom stereocenters. The van der Waals surface area contributed by atoms with E-state index >= 15 is 0 Å². The molecule has 1 aromatic carbocycles. The van der Waals surface area contributed by atoms with Gasteiger partial charge in [0.1, 0.15) is 17.2 Å². The maximum absolute atomic E-state index is 15.0. The Kier molecular flexibility index (Phi) is 5.12. The molecule has 2 aromatic rings. The van der Waals surface area contributed by atoms with Gasteiger partial charge in [-0.05, 0) is 49.8 Å². The van der Waals surface area contributed by atoms with Gasteiger partial charge in [-0.1, -0.05) is 0 Å². The van der Waals surface area contributed by atoms with Crippen LogP contribution in [0.5, 0.6) is 0 Å². The van der Waals surface area contributed by atoms with Gasteiger partial charge in [-0.15, -0.1) is 0 Å². The summed E-state index contributed by atoms with van der Waals surface area (Å²) in [6.07, 6.45) is 4.87. The summed E-state index contributed by atoms with van der Waals surface area (Å²) in [4.78, 5) is 25.9. The van der Waals surface area contributed by atoms with Crippen LogP contribution in [0.1, 0.15) is 48.5 Å². The number of aromatic nitrogens is 1.